The number of nitro groups is 1. The van der Waals surface area contributed by atoms with Crippen LogP contribution in [0.25, 0.3) is 11.1 Å². The average molecular weight is 418 g/mol. The molecule has 0 heterocycles. The summed E-state index contributed by atoms with van der Waals surface area (Å²) in [4.78, 5) is 34.3. The number of nitrogens with zero attached hydrogens (tertiary/aromatic N) is 1. The fourth-order valence-corrected chi connectivity index (χ4v) is 3.89. The van der Waals surface area contributed by atoms with E-state index in [4.69, 9.17) is 4.74 Å². The van der Waals surface area contributed by atoms with Crippen LogP contribution in [0.15, 0.2) is 60.7 Å². The van der Waals surface area contributed by atoms with Crippen LogP contribution in [-0.2, 0) is 4.74 Å². The summed E-state index contributed by atoms with van der Waals surface area (Å²) in [7, 11) is 0. The number of aromatic carboxylic acids is 1. The van der Waals surface area contributed by atoms with Gasteiger partial charge in [-0.1, -0.05) is 48.5 Å². The first-order valence-electron chi connectivity index (χ1n) is 9.51. The number of fused-ring (bicyclic) bond motifs is 3. The molecule has 0 spiro atoms. The highest BCUT2D eigenvalue weighted by atomic mass is 16.6. The summed E-state index contributed by atoms with van der Waals surface area (Å²) in [6, 6.07) is 17.9. The minimum absolute atomic E-state index is 0.0174. The summed E-state index contributed by atoms with van der Waals surface area (Å²) < 4.78 is 5.43. The smallest absolute Gasteiger partial charge is 0.411 e. The molecule has 31 heavy (non-hydrogen) atoms. The molecule has 156 valence electrons. The van der Waals surface area contributed by atoms with Crippen LogP contribution in [0.5, 0.6) is 0 Å². The van der Waals surface area contributed by atoms with Gasteiger partial charge in [0, 0.05) is 12.0 Å². The first-order valence-corrected chi connectivity index (χ1v) is 9.51. The number of hydrogen-bond donors (Lipinski definition) is 2. The van der Waals surface area contributed by atoms with E-state index in [0.717, 1.165) is 28.3 Å². The van der Waals surface area contributed by atoms with Gasteiger partial charge in [-0.2, -0.15) is 0 Å². The first kappa shape index (κ1) is 20.1. The van der Waals surface area contributed by atoms with Gasteiger partial charge in [0.2, 0.25) is 0 Å². The van der Waals surface area contributed by atoms with Crippen molar-refractivity contribution < 1.29 is 24.4 Å². The first-order chi connectivity index (χ1) is 14.9. The van der Waals surface area contributed by atoms with Gasteiger partial charge in [0.25, 0.3) is 5.69 Å². The van der Waals surface area contributed by atoms with Crippen LogP contribution in [0.4, 0.5) is 16.2 Å². The van der Waals surface area contributed by atoms with Gasteiger partial charge in [-0.15, -0.1) is 0 Å². The van der Waals surface area contributed by atoms with E-state index >= 15 is 0 Å². The Morgan fingerprint density at radius 3 is 2.19 bits per heavy atom. The van der Waals surface area contributed by atoms with Gasteiger partial charge in [-0.05, 0) is 35.2 Å². The minimum atomic E-state index is -1.33. The van der Waals surface area contributed by atoms with Crippen LogP contribution >= 0.6 is 0 Å². The number of carbonyl (C=O) groups excluding carboxylic acids is 1. The topological polar surface area (TPSA) is 119 Å². The van der Waals surface area contributed by atoms with E-state index in [1.54, 1.807) is 0 Å². The van der Waals surface area contributed by atoms with Crippen molar-refractivity contribution in [3.8, 4) is 11.1 Å². The van der Waals surface area contributed by atoms with Crippen LogP contribution < -0.4 is 5.32 Å². The summed E-state index contributed by atoms with van der Waals surface area (Å²) in [6.45, 7) is 1.50. The third-order valence-electron chi connectivity index (χ3n) is 5.40. The molecule has 3 aromatic rings. The van der Waals surface area contributed by atoms with Crippen molar-refractivity contribution >= 4 is 23.4 Å². The second kappa shape index (κ2) is 7.91. The van der Waals surface area contributed by atoms with Crippen molar-refractivity contribution in [2.45, 2.75) is 12.8 Å². The lowest BCUT2D eigenvalue weighted by molar-refractivity contribution is -0.385. The molecule has 0 atom stereocenters. The maximum absolute atomic E-state index is 12.5. The molecule has 0 saturated carbocycles. The van der Waals surface area contributed by atoms with E-state index in [-0.39, 0.29) is 29.3 Å². The van der Waals surface area contributed by atoms with Crippen molar-refractivity contribution in [2.75, 3.05) is 11.9 Å². The van der Waals surface area contributed by atoms with Gasteiger partial charge in [-0.3, -0.25) is 15.4 Å². The molecule has 2 N–H and O–H groups in total. The molecule has 3 aromatic carbocycles. The van der Waals surface area contributed by atoms with Gasteiger partial charge >= 0.3 is 12.1 Å². The highest BCUT2D eigenvalue weighted by molar-refractivity contribution is 5.94. The predicted molar refractivity (Wildman–Crippen MR) is 113 cm³/mol. The number of ether oxygens (including phenoxy) is 1. The fourth-order valence-electron chi connectivity index (χ4n) is 3.89. The molecule has 0 bridgehead atoms. The quantitative estimate of drug-likeness (QED) is 0.446. The monoisotopic (exact) mass is 418 g/mol. The number of hydrogen-bond acceptors (Lipinski definition) is 5. The van der Waals surface area contributed by atoms with Crippen molar-refractivity contribution in [1.82, 2.24) is 0 Å². The Labute approximate surface area is 177 Å². The van der Waals surface area contributed by atoms with E-state index in [9.17, 15) is 24.8 Å². The van der Waals surface area contributed by atoms with Gasteiger partial charge in [0.15, 0.2) is 0 Å². The molecule has 4 rings (SSSR count). The van der Waals surface area contributed by atoms with Crippen LogP contribution in [0, 0.1) is 17.0 Å². The number of anilines is 1. The Kier molecular flexibility index (Phi) is 5.12. The molecule has 0 aromatic heterocycles. The SMILES string of the molecule is Cc1c(NC(=O)OCC2c3ccccc3-c3ccccc32)cc(C(=O)O)cc1[N+](=O)[O-]. The summed E-state index contributed by atoms with van der Waals surface area (Å²) in [5.41, 5.74) is 3.75. The minimum Gasteiger partial charge on any atom is -0.478 e. The average Bonchev–Trinajstić information content (AvgIpc) is 3.07. The number of rotatable bonds is 5. The van der Waals surface area contributed by atoms with E-state index in [0.29, 0.717) is 0 Å². The Morgan fingerprint density at radius 1 is 1.06 bits per heavy atom. The molecule has 1 amide bonds. The van der Waals surface area contributed by atoms with Crippen LogP contribution in [0.2, 0.25) is 0 Å². The molecular formula is C23H18N2O6. The molecular weight excluding hydrogens is 400 g/mol. The van der Waals surface area contributed by atoms with E-state index in [1.165, 1.54) is 13.0 Å². The molecule has 8 heteroatoms. The molecule has 8 nitrogen and oxygen atoms in total. The van der Waals surface area contributed by atoms with Gasteiger partial charge < -0.3 is 9.84 Å². The van der Waals surface area contributed by atoms with E-state index < -0.39 is 22.7 Å². The fraction of sp³-hybridized carbons (Fsp3) is 0.130. The summed E-state index contributed by atoms with van der Waals surface area (Å²) in [5.74, 6) is -1.47. The number of carboxylic acid groups (broad SMARTS) is 1. The second-order valence-electron chi connectivity index (χ2n) is 7.18. The summed E-state index contributed by atoms with van der Waals surface area (Å²) in [5, 5.41) is 22.9. The standard InChI is InChI=1S/C23H18N2O6/c1-13-20(10-14(22(26)27)11-21(13)25(29)30)24-23(28)31-12-19-17-8-4-2-6-15(17)16-7-3-5-9-18(16)19/h2-11,19H,12H2,1H3,(H,24,28)(H,26,27). The summed E-state index contributed by atoms with van der Waals surface area (Å²) >= 11 is 0. The third-order valence-corrected chi connectivity index (χ3v) is 5.40. The molecule has 0 saturated heterocycles. The Hall–Kier alpha value is -4.20. The van der Waals surface area contributed by atoms with Gasteiger partial charge in [-0.25, -0.2) is 9.59 Å². The van der Waals surface area contributed by atoms with E-state index in [2.05, 4.69) is 5.32 Å². The van der Waals surface area contributed by atoms with Crippen molar-refractivity contribution in [1.29, 1.82) is 0 Å². The predicted octanol–water partition coefficient (Wildman–Crippen LogP) is 4.96. The highest BCUT2D eigenvalue weighted by Crippen LogP contribution is 2.44. The largest absolute Gasteiger partial charge is 0.478 e. The molecule has 0 radical (unpaired) electrons. The number of carboxylic acids is 1. The second-order valence-corrected chi connectivity index (χ2v) is 7.18. The van der Waals surface area contributed by atoms with Crippen molar-refractivity contribution in [2.24, 2.45) is 0 Å². The zero-order valence-electron chi connectivity index (χ0n) is 16.5. The lowest BCUT2D eigenvalue weighted by Gasteiger charge is -2.15. The zero-order valence-corrected chi connectivity index (χ0v) is 16.5. The van der Waals surface area contributed by atoms with Crippen molar-refractivity contribution in [3.63, 3.8) is 0 Å². The number of carbonyl (C=O) groups is 2. The third kappa shape index (κ3) is 3.71. The highest BCUT2D eigenvalue weighted by Gasteiger charge is 2.29. The number of amides is 1. The normalized spacial score (nSPS) is 12.0. The molecule has 0 fully saturated rings. The zero-order chi connectivity index (χ0) is 22.1. The van der Waals surface area contributed by atoms with Crippen LogP contribution in [0.3, 0.4) is 0 Å². The van der Waals surface area contributed by atoms with Crippen molar-refractivity contribution in [3.05, 3.63) is 93.0 Å². The Morgan fingerprint density at radius 2 is 1.65 bits per heavy atom. The Bertz CT molecular complexity index is 1170. The lowest BCUT2D eigenvalue weighted by Crippen LogP contribution is -2.19. The van der Waals surface area contributed by atoms with Crippen LogP contribution in [0.1, 0.15) is 33.0 Å². The molecule has 0 unspecified atom stereocenters. The number of benzene rings is 3. The summed E-state index contributed by atoms with van der Waals surface area (Å²) in [6.07, 6.45) is -0.818. The number of nitrogens with one attached hydrogen (secondary N) is 1. The lowest BCUT2D eigenvalue weighted by atomic mass is 9.98. The maximum Gasteiger partial charge on any atom is 0.411 e. The van der Waals surface area contributed by atoms with Gasteiger partial charge in [0.05, 0.1) is 21.7 Å². The molecule has 0 aliphatic heterocycles. The number of nitro benzene ring substituents is 1. The molecule has 1 aliphatic carbocycles. The maximum atomic E-state index is 12.5. The van der Waals surface area contributed by atoms with Gasteiger partial charge in [0.1, 0.15) is 6.61 Å². The molecule has 1 aliphatic rings. The Balaban J connectivity index is 1.55. The van der Waals surface area contributed by atoms with E-state index in [1.807, 2.05) is 48.5 Å². The van der Waals surface area contributed by atoms with Crippen LogP contribution in [-0.4, -0.2) is 28.7 Å².